The number of nitrogens with one attached hydrogen (secondary N) is 1. The van der Waals surface area contributed by atoms with E-state index < -0.39 is 0 Å². The number of aryl methyl sites for hydroxylation is 1. The lowest BCUT2D eigenvalue weighted by Crippen LogP contribution is -2.40. The summed E-state index contributed by atoms with van der Waals surface area (Å²) < 4.78 is 16.2. The molecule has 1 aliphatic heterocycles. The summed E-state index contributed by atoms with van der Waals surface area (Å²) in [5.74, 6) is 1.52. The Morgan fingerprint density at radius 2 is 1.93 bits per heavy atom. The number of ether oxygens (including phenoxy) is 3. The average molecular weight is 420 g/mol. The second-order valence-corrected chi connectivity index (χ2v) is 8.18. The van der Waals surface area contributed by atoms with Crippen LogP contribution in [0, 0.1) is 6.92 Å². The maximum Gasteiger partial charge on any atom is 0.271 e. The van der Waals surface area contributed by atoms with Gasteiger partial charge in [-0.25, -0.2) is 4.98 Å². The molecule has 1 atom stereocenters. The zero-order chi connectivity index (χ0) is 21.0. The molecule has 1 amide bonds. The lowest BCUT2D eigenvalue weighted by atomic mass is 10.2. The van der Waals surface area contributed by atoms with Crippen molar-refractivity contribution in [1.29, 1.82) is 0 Å². The average Bonchev–Trinajstić information content (AvgIpc) is 3.36. The molecule has 1 aromatic heterocycles. The van der Waals surface area contributed by atoms with E-state index in [1.165, 1.54) is 17.8 Å². The molecule has 1 aliphatic rings. The molecule has 1 aromatic carbocycles. The summed E-state index contributed by atoms with van der Waals surface area (Å²) in [6.07, 6.45) is 2.32. The zero-order valence-corrected chi connectivity index (χ0v) is 18.5. The summed E-state index contributed by atoms with van der Waals surface area (Å²) >= 11 is 1.48. The van der Waals surface area contributed by atoms with Crippen molar-refractivity contribution in [3.05, 3.63) is 22.7 Å². The Kier molecular flexibility index (Phi) is 6.97. The van der Waals surface area contributed by atoms with Crippen molar-refractivity contribution in [3.63, 3.8) is 0 Å². The number of hydrogen-bond acceptors (Lipinski definition) is 7. The van der Waals surface area contributed by atoms with Crippen LogP contribution >= 0.6 is 11.3 Å². The van der Waals surface area contributed by atoms with Crippen LogP contribution in [0.3, 0.4) is 0 Å². The van der Waals surface area contributed by atoms with Crippen LogP contribution in [0.25, 0.3) is 10.6 Å². The lowest BCUT2D eigenvalue weighted by Gasteiger charge is -2.22. The maximum absolute atomic E-state index is 12.8. The van der Waals surface area contributed by atoms with Gasteiger partial charge >= 0.3 is 0 Å². The Balaban J connectivity index is 1.80. The van der Waals surface area contributed by atoms with Gasteiger partial charge < -0.3 is 19.5 Å². The smallest absolute Gasteiger partial charge is 0.271 e. The quantitative estimate of drug-likeness (QED) is 0.707. The fourth-order valence-corrected chi connectivity index (χ4v) is 4.67. The molecular weight excluding hydrogens is 390 g/mol. The first-order valence-electron chi connectivity index (χ1n) is 9.82. The highest BCUT2D eigenvalue weighted by Crippen LogP contribution is 2.42. The van der Waals surface area contributed by atoms with Gasteiger partial charge in [-0.2, -0.15) is 0 Å². The van der Waals surface area contributed by atoms with Gasteiger partial charge in [-0.15, -0.1) is 11.3 Å². The third-order valence-electron chi connectivity index (χ3n) is 5.33. The minimum atomic E-state index is -0.125. The molecule has 3 rings (SSSR count). The molecule has 0 bridgehead atoms. The molecule has 158 valence electrons. The molecule has 2 heterocycles. The Labute approximate surface area is 176 Å². The van der Waals surface area contributed by atoms with E-state index in [0.717, 1.165) is 35.0 Å². The minimum absolute atomic E-state index is 0.125. The summed E-state index contributed by atoms with van der Waals surface area (Å²) in [5, 5.41) is 3.81. The van der Waals surface area contributed by atoms with Gasteiger partial charge in [0.15, 0.2) is 11.5 Å². The van der Waals surface area contributed by atoms with Gasteiger partial charge in [-0.1, -0.05) is 6.92 Å². The summed E-state index contributed by atoms with van der Waals surface area (Å²) in [7, 11) is 4.73. The number of amides is 1. The zero-order valence-electron chi connectivity index (χ0n) is 17.7. The predicted octanol–water partition coefficient (Wildman–Crippen LogP) is 3.36. The van der Waals surface area contributed by atoms with Crippen molar-refractivity contribution in [3.8, 4) is 27.8 Å². The molecule has 29 heavy (non-hydrogen) atoms. The van der Waals surface area contributed by atoms with Gasteiger partial charge in [0.1, 0.15) is 10.7 Å². The van der Waals surface area contributed by atoms with Gasteiger partial charge in [0, 0.05) is 23.0 Å². The van der Waals surface area contributed by atoms with Crippen LogP contribution < -0.4 is 19.5 Å². The SMILES string of the molecule is CCN1CCCC1CNC(=O)c1nc(-c2cc(OC)c(OC)c(OC)c2)sc1C. The van der Waals surface area contributed by atoms with Crippen LogP contribution in [-0.4, -0.2) is 62.8 Å². The van der Waals surface area contributed by atoms with E-state index in [0.29, 0.717) is 35.5 Å². The monoisotopic (exact) mass is 419 g/mol. The normalized spacial score (nSPS) is 16.7. The number of aromatic nitrogens is 1. The van der Waals surface area contributed by atoms with Gasteiger partial charge in [0.25, 0.3) is 5.91 Å². The van der Waals surface area contributed by atoms with Crippen molar-refractivity contribution in [1.82, 2.24) is 15.2 Å². The first-order valence-corrected chi connectivity index (χ1v) is 10.6. The van der Waals surface area contributed by atoms with E-state index in [1.807, 2.05) is 19.1 Å². The fraction of sp³-hybridized carbons (Fsp3) is 0.524. The molecule has 1 N–H and O–H groups in total. The highest BCUT2D eigenvalue weighted by atomic mass is 32.1. The first-order chi connectivity index (χ1) is 14.0. The lowest BCUT2D eigenvalue weighted by molar-refractivity contribution is 0.0936. The second kappa shape index (κ2) is 9.45. The molecule has 2 aromatic rings. The third-order valence-corrected chi connectivity index (χ3v) is 6.35. The number of rotatable bonds is 8. The molecule has 7 nitrogen and oxygen atoms in total. The van der Waals surface area contributed by atoms with E-state index in [9.17, 15) is 4.79 Å². The molecule has 0 saturated carbocycles. The molecule has 0 spiro atoms. The van der Waals surface area contributed by atoms with Gasteiger partial charge in [0.2, 0.25) is 5.75 Å². The standard InChI is InChI=1S/C21H29N3O4S/c1-6-24-9-7-8-15(24)12-22-20(25)18-13(2)29-21(23-18)14-10-16(26-3)19(28-5)17(11-14)27-4/h10-11,15H,6-9,12H2,1-5H3,(H,22,25). The summed E-state index contributed by atoms with van der Waals surface area (Å²) in [6.45, 7) is 6.86. The number of thiazole rings is 1. The molecule has 1 saturated heterocycles. The van der Waals surface area contributed by atoms with Crippen LogP contribution in [0.5, 0.6) is 17.2 Å². The van der Waals surface area contributed by atoms with Crippen molar-refractivity contribution in [2.75, 3.05) is 41.0 Å². The van der Waals surface area contributed by atoms with Crippen molar-refractivity contribution in [2.45, 2.75) is 32.7 Å². The van der Waals surface area contributed by atoms with Gasteiger partial charge in [0.05, 0.1) is 21.3 Å². The molecule has 1 fully saturated rings. The van der Waals surface area contributed by atoms with Crippen LogP contribution in [0.15, 0.2) is 12.1 Å². The van der Waals surface area contributed by atoms with E-state index in [1.54, 1.807) is 21.3 Å². The third kappa shape index (κ3) is 4.48. The van der Waals surface area contributed by atoms with Crippen LogP contribution in [0.1, 0.15) is 35.1 Å². The number of methoxy groups -OCH3 is 3. The first kappa shape index (κ1) is 21.4. The number of hydrogen-bond donors (Lipinski definition) is 1. The van der Waals surface area contributed by atoms with Crippen LogP contribution in [0.2, 0.25) is 0 Å². The maximum atomic E-state index is 12.8. The molecule has 0 aliphatic carbocycles. The molecule has 8 heteroatoms. The highest BCUT2D eigenvalue weighted by Gasteiger charge is 2.25. The highest BCUT2D eigenvalue weighted by molar-refractivity contribution is 7.15. The second-order valence-electron chi connectivity index (χ2n) is 6.97. The minimum Gasteiger partial charge on any atom is -0.493 e. The Hall–Kier alpha value is -2.32. The van der Waals surface area contributed by atoms with Gasteiger partial charge in [-0.05, 0) is 45.0 Å². The summed E-state index contributed by atoms with van der Waals surface area (Å²) in [5.41, 5.74) is 1.29. The van der Waals surface area contributed by atoms with E-state index >= 15 is 0 Å². The number of nitrogens with zero attached hydrogens (tertiary/aromatic N) is 2. The largest absolute Gasteiger partial charge is 0.493 e. The van der Waals surface area contributed by atoms with E-state index in [4.69, 9.17) is 14.2 Å². The molecule has 1 unspecified atom stereocenters. The summed E-state index contributed by atoms with van der Waals surface area (Å²) in [6, 6.07) is 4.11. The number of benzene rings is 1. The van der Waals surface area contributed by atoms with Crippen LogP contribution in [0.4, 0.5) is 0 Å². The topological polar surface area (TPSA) is 72.9 Å². The Bertz CT molecular complexity index is 843. The number of likely N-dealkylation sites (tertiary alicyclic amines) is 1. The van der Waals surface area contributed by atoms with Crippen LogP contribution in [-0.2, 0) is 0 Å². The Morgan fingerprint density at radius 1 is 1.24 bits per heavy atom. The number of carbonyl (C=O) groups is 1. The van der Waals surface area contributed by atoms with E-state index in [-0.39, 0.29) is 5.91 Å². The fourth-order valence-electron chi connectivity index (χ4n) is 3.77. The van der Waals surface area contributed by atoms with Crippen molar-refractivity contribution < 1.29 is 19.0 Å². The molecule has 0 radical (unpaired) electrons. The Morgan fingerprint density at radius 3 is 2.52 bits per heavy atom. The van der Waals surface area contributed by atoms with E-state index in [2.05, 4.69) is 22.1 Å². The number of likely N-dealkylation sites (N-methyl/N-ethyl adjacent to an activating group) is 1. The number of carbonyl (C=O) groups excluding carboxylic acids is 1. The van der Waals surface area contributed by atoms with Gasteiger partial charge in [-0.3, -0.25) is 9.69 Å². The van der Waals surface area contributed by atoms with Crippen molar-refractivity contribution in [2.24, 2.45) is 0 Å². The summed E-state index contributed by atoms with van der Waals surface area (Å²) in [4.78, 5) is 20.7. The molecular formula is C21H29N3O4S. The predicted molar refractivity (Wildman–Crippen MR) is 115 cm³/mol. The van der Waals surface area contributed by atoms with Crippen molar-refractivity contribution >= 4 is 17.2 Å².